The lowest BCUT2D eigenvalue weighted by Gasteiger charge is -2.06. The number of aromatic nitrogens is 2. The number of nitro benzene ring substituents is 1. The highest BCUT2D eigenvalue weighted by Crippen LogP contribution is 2.25. The molecule has 0 fully saturated rings. The number of carbonyl (C=O) groups excluding carboxylic acids is 1. The summed E-state index contributed by atoms with van der Waals surface area (Å²) >= 11 is 3.08. The maximum absolute atomic E-state index is 11.9. The molecule has 7 nitrogen and oxygen atoms in total. The first-order chi connectivity index (χ1) is 9.58. The molecular formula is C12H11BrN4O3. The van der Waals surface area contributed by atoms with Gasteiger partial charge in [0.25, 0.3) is 11.6 Å². The number of rotatable bonds is 5. The Morgan fingerprint density at radius 1 is 1.50 bits per heavy atom. The van der Waals surface area contributed by atoms with Crippen molar-refractivity contribution in [1.82, 2.24) is 14.9 Å². The molecule has 8 heteroatoms. The van der Waals surface area contributed by atoms with Crippen LogP contribution in [0.5, 0.6) is 0 Å². The highest BCUT2D eigenvalue weighted by molar-refractivity contribution is 9.10. The van der Waals surface area contributed by atoms with E-state index in [0.29, 0.717) is 17.6 Å². The zero-order chi connectivity index (χ0) is 14.5. The third-order valence-electron chi connectivity index (χ3n) is 2.62. The van der Waals surface area contributed by atoms with Crippen molar-refractivity contribution in [3.63, 3.8) is 0 Å². The molecule has 1 aromatic carbocycles. The first-order valence-electron chi connectivity index (χ1n) is 5.76. The molecule has 1 amide bonds. The molecule has 104 valence electrons. The van der Waals surface area contributed by atoms with Crippen molar-refractivity contribution in [2.45, 2.75) is 6.54 Å². The molecule has 0 atom stereocenters. The Morgan fingerprint density at radius 2 is 2.30 bits per heavy atom. The Labute approximate surface area is 122 Å². The zero-order valence-electron chi connectivity index (χ0n) is 10.3. The summed E-state index contributed by atoms with van der Waals surface area (Å²) in [5.41, 5.74) is 0.123. The van der Waals surface area contributed by atoms with E-state index in [1.807, 2.05) is 4.57 Å². The van der Waals surface area contributed by atoms with E-state index in [4.69, 9.17) is 0 Å². The third-order valence-corrected chi connectivity index (χ3v) is 3.29. The largest absolute Gasteiger partial charge is 0.350 e. The summed E-state index contributed by atoms with van der Waals surface area (Å²) in [7, 11) is 0. The van der Waals surface area contributed by atoms with Gasteiger partial charge in [0.1, 0.15) is 0 Å². The molecule has 0 bridgehead atoms. The predicted molar refractivity (Wildman–Crippen MR) is 75.4 cm³/mol. The van der Waals surface area contributed by atoms with Crippen LogP contribution in [0.4, 0.5) is 5.69 Å². The molecule has 1 N–H and O–H groups in total. The minimum absolute atomic E-state index is 0.132. The number of hydrogen-bond donors (Lipinski definition) is 1. The Kier molecular flexibility index (Phi) is 4.46. The number of hydrogen-bond acceptors (Lipinski definition) is 4. The van der Waals surface area contributed by atoms with E-state index in [-0.39, 0.29) is 17.2 Å². The van der Waals surface area contributed by atoms with Crippen LogP contribution >= 0.6 is 15.9 Å². The van der Waals surface area contributed by atoms with Crippen LogP contribution in [0.15, 0.2) is 41.4 Å². The predicted octanol–water partition coefficient (Wildman–Crippen LogP) is 1.98. The van der Waals surface area contributed by atoms with Crippen LogP contribution in [0.2, 0.25) is 0 Å². The van der Waals surface area contributed by atoms with E-state index in [0.717, 1.165) is 0 Å². The van der Waals surface area contributed by atoms with Gasteiger partial charge in [-0.15, -0.1) is 0 Å². The average molecular weight is 339 g/mol. The summed E-state index contributed by atoms with van der Waals surface area (Å²) in [6.45, 7) is 1.00. The maximum Gasteiger partial charge on any atom is 0.284 e. The highest BCUT2D eigenvalue weighted by Gasteiger charge is 2.15. The number of benzene rings is 1. The number of carbonyl (C=O) groups is 1. The van der Waals surface area contributed by atoms with Gasteiger partial charge >= 0.3 is 0 Å². The molecule has 20 heavy (non-hydrogen) atoms. The normalized spacial score (nSPS) is 10.2. The van der Waals surface area contributed by atoms with Crippen LogP contribution in [0.1, 0.15) is 10.4 Å². The van der Waals surface area contributed by atoms with Crippen LogP contribution < -0.4 is 5.32 Å². The van der Waals surface area contributed by atoms with Gasteiger partial charge in [0, 0.05) is 37.1 Å². The van der Waals surface area contributed by atoms with Crippen LogP contribution in [0, 0.1) is 10.1 Å². The summed E-state index contributed by atoms with van der Waals surface area (Å²) in [5, 5.41) is 13.5. The topological polar surface area (TPSA) is 90.1 Å². The summed E-state index contributed by atoms with van der Waals surface area (Å²) in [4.78, 5) is 26.0. The quantitative estimate of drug-likeness (QED) is 0.666. The first kappa shape index (κ1) is 14.2. The lowest BCUT2D eigenvalue weighted by molar-refractivity contribution is -0.385. The van der Waals surface area contributed by atoms with Crippen LogP contribution in [-0.4, -0.2) is 26.9 Å². The van der Waals surface area contributed by atoms with Gasteiger partial charge in [-0.3, -0.25) is 14.9 Å². The van der Waals surface area contributed by atoms with Gasteiger partial charge in [0.2, 0.25) is 0 Å². The Morgan fingerprint density at radius 3 is 2.95 bits per heavy atom. The number of imidazole rings is 1. The summed E-state index contributed by atoms with van der Waals surface area (Å²) in [6.07, 6.45) is 5.09. The fraction of sp³-hybridized carbons (Fsp3) is 0.167. The standard InChI is InChI=1S/C12H11BrN4O3/c13-10-2-1-9(7-11(10)17(19)20)12(18)15-4-6-16-5-3-14-8-16/h1-3,5,7-8H,4,6H2,(H,15,18). The van der Waals surface area contributed by atoms with E-state index in [1.165, 1.54) is 18.2 Å². The van der Waals surface area contributed by atoms with Crippen molar-refractivity contribution >= 4 is 27.5 Å². The lowest BCUT2D eigenvalue weighted by atomic mass is 10.2. The van der Waals surface area contributed by atoms with Crippen molar-refractivity contribution in [2.24, 2.45) is 0 Å². The number of nitrogens with zero attached hydrogens (tertiary/aromatic N) is 3. The van der Waals surface area contributed by atoms with E-state index >= 15 is 0 Å². The Hall–Kier alpha value is -2.22. The second-order valence-corrected chi connectivity index (χ2v) is 4.83. The van der Waals surface area contributed by atoms with E-state index in [1.54, 1.807) is 18.7 Å². The Balaban J connectivity index is 1.98. The number of halogens is 1. The molecule has 0 spiro atoms. The van der Waals surface area contributed by atoms with Gasteiger partial charge in [-0.25, -0.2) is 4.98 Å². The molecule has 1 heterocycles. The molecule has 1 aromatic heterocycles. The molecule has 2 aromatic rings. The van der Waals surface area contributed by atoms with Crippen molar-refractivity contribution in [2.75, 3.05) is 6.54 Å². The molecule has 0 aliphatic carbocycles. The Bertz CT molecular complexity index is 628. The molecule has 0 saturated heterocycles. The molecule has 0 aliphatic heterocycles. The molecular weight excluding hydrogens is 328 g/mol. The van der Waals surface area contributed by atoms with Crippen molar-refractivity contribution in [1.29, 1.82) is 0 Å². The molecule has 0 aliphatic rings. The molecule has 2 rings (SSSR count). The van der Waals surface area contributed by atoms with Gasteiger partial charge in [-0.1, -0.05) is 0 Å². The van der Waals surface area contributed by atoms with Crippen LogP contribution in [-0.2, 0) is 6.54 Å². The van der Waals surface area contributed by atoms with E-state index in [2.05, 4.69) is 26.2 Å². The summed E-state index contributed by atoms with van der Waals surface area (Å²) in [5.74, 6) is -0.347. The molecule has 0 radical (unpaired) electrons. The van der Waals surface area contributed by atoms with Crippen molar-refractivity contribution in [3.05, 3.63) is 57.1 Å². The maximum atomic E-state index is 11.9. The number of amides is 1. The van der Waals surface area contributed by atoms with Gasteiger partial charge in [-0.2, -0.15) is 0 Å². The highest BCUT2D eigenvalue weighted by atomic mass is 79.9. The van der Waals surface area contributed by atoms with Crippen molar-refractivity contribution < 1.29 is 9.72 Å². The molecule has 0 unspecified atom stereocenters. The average Bonchev–Trinajstić information content (AvgIpc) is 2.92. The fourth-order valence-electron chi connectivity index (χ4n) is 1.61. The SMILES string of the molecule is O=C(NCCn1ccnc1)c1ccc(Br)c([N+](=O)[O-])c1. The second-order valence-electron chi connectivity index (χ2n) is 3.98. The van der Waals surface area contributed by atoms with Gasteiger partial charge in [-0.05, 0) is 28.1 Å². The third kappa shape index (κ3) is 3.41. The van der Waals surface area contributed by atoms with Gasteiger partial charge in [0.15, 0.2) is 0 Å². The van der Waals surface area contributed by atoms with Crippen LogP contribution in [0.25, 0.3) is 0 Å². The minimum atomic E-state index is -0.535. The lowest BCUT2D eigenvalue weighted by Crippen LogP contribution is -2.27. The van der Waals surface area contributed by atoms with Gasteiger partial charge < -0.3 is 9.88 Å². The minimum Gasteiger partial charge on any atom is -0.350 e. The fourth-order valence-corrected chi connectivity index (χ4v) is 2.00. The van der Waals surface area contributed by atoms with Crippen LogP contribution in [0.3, 0.4) is 0 Å². The number of nitro groups is 1. The zero-order valence-corrected chi connectivity index (χ0v) is 11.9. The van der Waals surface area contributed by atoms with Crippen molar-refractivity contribution in [3.8, 4) is 0 Å². The summed E-state index contributed by atoms with van der Waals surface area (Å²) in [6, 6.07) is 4.27. The monoisotopic (exact) mass is 338 g/mol. The van der Waals surface area contributed by atoms with Gasteiger partial charge in [0.05, 0.1) is 15.7 Å². The second kappa shape index (κ2) is 6.29. The number of nitrogens with one attached hydrogen (secondary N) is 1. The first-order valence-corrected chi connectivity index (χ1v) is 6.55. The summed E-state index contributed by atoms with van der Waals surface area (Å²) < 4.78 is 2.17. The van der Waals surface area contributed by atoms with E-state index < -0.39 is 4.92 Å². The smallest absolute Gasteiger partial charge is 0.284 e. The van der Waals surface area contributed by atoms with E-state index in [9.17, 15) is 14.9 Å². The molecule has 0 saturated carbocycles.